The van der Waals surface area contributed by atoms with E-state index in [4.69, 9.17) is 10.6 Å². The molecule has 0 saturated carbocycles. The van der Waals surface area contributed by atoms with Crippen molar-refractivity contribution in [2.75, 3.05) is 6.61 Å². The van der Waals surface area contributed by atoms with Crippen LogP contribution in [0.5, 0.6) is 5.75 Å². The molecular weight excluding hydrogens is 236 g/mol. The maximum absolute atomic E-state index is 5.76. The number of nitrogens with one attached hydrogen (secondary N) is 1. The molecule has 106 valence electrons. The highest BCUT2D eigenvalue weighted by Crippen LogP contribution is 2.35. The Hall–Kier alpha value is -1.06. The van der Waals surface area contributed by atoms with E-state index >= 15 is 0 Å². The molecule has 1 aromatic rings. The molecule has 1 unspecified atom stereocenters. The monoisotopic (exact) mass is 262 g/mol. The second-order valence-electron chi connectivity index (χ2n) is 5.36. The van der Waals surface area contributed by atoms with E-state index in [0.717, 1.165) is 25.2 Å². The summed E-state index contributed by atoms with van der Waals surface area (Å²) in [5.74, 6) is 6.80. The highest BCUT2D eigenvalue weighted by Gasteiger charge is 2.20. The lowest BCUT2D eigenvalue weighted by Gasteiger charge is -2.19. The van der Waals surface area contributed by atoms with Gasteiger partial charge in [-0.3, -0.25) is 11.3 Å². The number of hydrazine groups is 1. The molecule has 0 fully saturated rings. The fourth-order valence-corrected chi connectivity index (χ4v) is 2.80. The average molecular weight is 262 g/mol. The Balaban J connectivity index is 1.92. The first kappa shape index (κ1) is 14.4. The molecule has 1 aliphatic rings. The van der Waals surface area contributed by atoms with Crippen molar-refractivity contribution in [2.24, 2.45) is 5.84 Å². The molecule has 0 aliphatic carbocycles. The van der Waals surface area contributed by atoms with Crippen LogP contribution < -0.4 is 16.0 Å². The van der Waals surface area contributed by atoms with Crippen molar-refractivity contribution in [3.8, 4) is 5.75 Å². The molecule has 1 aromatic carbocycles. The maximum atomic E-state index is 5.76. The molecule has 3 N–H and O–H groups in total. The van der Waals surface area contributed by atoms with Crippen LogP contribution in [0.3, 0.4) is 0 Å². The van der Waals surface area contributed by atoms with Crippen LogP contribution in [0.2, 0.25) is 0 Å². The minimum atomic E-state index is 0.217. The molecule has 1 aliphatic heterocycles. The summed E-state index contributed by atoms with van der Waals surface area (Å²) in [4.78, 5) is 0. The van der Waals surface area contributed by atoms with Gasteiger partial charge in [0.2, 0.25) is 0 Å². The Morgan fingerprint density at radius 3 is 2.89 bits per heavy atom. The number of fused-ring (bicyclic) bond motifs is 1. The van der Waals surface area contributed by atoms with Gasteiger partial charge in [-0.25, -0.2) is 0 Å². The van der Waals surface area contributed by atoms with E-state index in [1.807, 2.05) is 0 Å². The van der Waals surface area contributed by atoms with Gasteiger partial charge in [0.05, 0.1) is 6.61 Å². The number of benzene rings is 1. The van der Waals surface area contributed by atoms with Crippen molar-refractivity contribution in [1.82, 2.24) is 5.43 Å². The van der Waals surface area contributed by atoms with Crippen molar-refractivity contribution < 1.29 is 4.74 Å². The minimum Gasteiger partial charge on any atom is -0.493 e. The van der Waals surface area contributed by atoms with E-state index < -0.39 is 0 Å². The van der Waals surface area contributed by atoms with E-state index in [9.17, 15) is 0 Å². The Morgan fingerprint density at radius 2 is 2.11 bits per heavy atom. The Bertz CT molecular complexity index is 392. The van der Waals surface area contributed by atoms with Gasteiger partial charge >= 0.3 is 0 Å². The van der Waals surface area contributed by atoms with E-state index in [1.54, 1.807) is 0 Å². The zero-order valence-corrected chi connectivity index (χ0v) is 12.0. The van der Waals surface area contributed by atoms with Crippen molar-refractivity contribution >= 4 is 0 Å². The van der Waals surface area contributed by atoms with Crippen molar-refractivity contribution in [2.45, 2.75) is 57.9 Å². The number of rotatable bonds is 8. The van der Waals surface area contributed by atoms with Gasteiger partial charge in [-0.15, -0.1) is 0 Å². The maximum Gasteiger partial charge on any atom is 0.127 e. The summed E-state index contributed by atoms with van der Waals surface area (Å²) in [5.41, 5.74) is 5.51. The summed E-state index contributed by atoms with van der Waals surface area (Å²) in [7, 11) is 0. The molecule has 0 saturated heterocycles. The fourth-order valence-electron chi connectivity index (χ4n) is 2.80. The molecule has 0 amide bonds. The lowest BCUT2D eigenvalue weighted by molar-refractivity contribution is 0.346. The van der Waals surface area contributed by atoms with Gasteiger partial charge in [0, 0.05) is 18.0 Å². The predicted molar refractivity (Wildman–Crippen MR) is 79.1 cm³/mol. The molecule has 19 heavy (non-hydrogen) atoms. The van der Waals surface area contributed by atoms with Crippen LogP contribution in [0, 0.1) is 0 Å². The zero-order chi connectivity index (χ0) is 13.5. The number of hydrogen-bond acceptors (Lipinski definition) is 3. The summed E-state index contributed by atoms with van der Waals surface area (Å²) in [6.07, 6.45) is 8.58. The van der Waals surface area contributed by atoms with E-state index in [0.29, 0.717) is 0 Å². The fraction of sp³-hybridized carbons (Fsp3) is 0.625. The van der Waals surface area contributed by atoms with Crippen LogP contribution in [0.15, 0.2) is 18.2 Å². The lowest BCUT2D eigenvalue weighted by atomic mass is 9.97. The standard InChI is InChI=1S/C16H26N2O/c1-2-3-4-5-6-10-15(18-17)14-9-7-8-13-11-12-19-16(13)14/h7-9,15,18H,2-6,10-12,17H2,1H3. The number of hydrogen-bond donors (Lipinski definition) is 2. The Labute approximate surface area is 116 Å². The molecular formula is C16H26N2O. The Morgan fingerprint density at radius 1 is 1.26 bits per heavy atom. The third-order valence-corrected chi connectivity index (χ3v) is 3.92. The lowest BCUT2D eigenvalue weighted by Crippen LogP contribution is -2.28. The quantitative estimate of drug-likeness (QED) is 0.428. The molecule has 0 aromatic heterocycles. The first-order valence-electron chi connectivity index (χ1n) is 7.57. The second kappa shape index (κ2) is 7.51. The third-order valence-electron chi connectivity index (χ3n) is 3.92. The summed E-state index contributed by atoms with van der Waals surface area (Å²) < 4.78 is 5.76. The van der Waals surface area contributed by atoms with Gasteiger partial charge in [0.25, 0.3) is 0 Å². The molecule has 0 radical (unpaired) electrons. The van der Waals surface area contributed by atoms with Crippen LogP contribution in [0.4, 0.5) is 0 Å². The number of ether oxygens (including phenoxy) is 1. The zero-order valence-electron chi connectivity index (χ0n) is 12.0. The molecule has 0 bridgehead atoms. The first-order valence-corrected chi connectivity index (χ1v) is 7.57. The predicted octanol–water partition coefficient (Wildman–Crippen LogP) is 3.49. The van der Waals surface area contributed by atoms with Gasteiger partial charge in [0.1, 0.15) is 5.75 Å². The van der Waals surface area contributed by atoms with Crippen molar-refractivity contribution in [1.29, 1.82) is 0 Å². The summed E-state index contributed by atoms with van der Waals surface area (Å²) in [6, 6.07) is 6.63. The van der Waals surface area contributed by atoms with E-state index in [1.165, 1.54) is 43.2 Å². The number of para-hydroxylation sites is 1. The summed E-state index contributed by atoms with van der Waals surface area (Å²) >= 11 is 0. The smallest absolute Gasteiger partial charge is 0.127 e. The molecule has 3 nitrogen and oxygen atoms in total. The van der Waals surface area contributed by atoms with Crippen molar-refractivity contribution in [3.63, 3.8) is 0 Å². The van der Waals surface area contributed by atoms with Crippen molar-refractivity contribution in [3.05, 3.63) is 29.3 Å². The van der Waals surface area contributed by atoms with Crippen LogP contribution in [-0.4, -0.2) is 6.61 Å². The molecule has 2 rings (SSSR count). The second-order valence-corrected chi connectivity index (χ2v) is 5.36. The van der Waals surface area contributed by atoms with Crippen LogP contribution in [-0.2, 0) is 6.42 Å². The molecule has 1 heterocycles. The Kier molecular flexibility index (Phi) is 5.67. The topological polar surface area (TPSA) is 47.3 Å². The minimum absolute atomic E-state index is 0.217. The molecule has 1 atom stereocenters. The van der Waals surface area contributed by atoms with Gasteiger partial charge in [0.15, 0.2) is 0 Å². The van der Waals surface area contributed by atoms with Gasteiger partial charge in [-0.2, -0.15) is 0 Å². The summed E-state index contributed by atoms with van der Waals surface area (Å²) in [6.45, 7) is 3.05. The number of nitrogens with two attached hydrogens (primary N) is 1. The normalized spacial score (nSPS) is 15.1. The van der Waals surface area contributed by atoms with Gasteiger partial charge < -0.3 is 4.74 Å². The van der Waals surface area contributed by atoms with Crippen LogP contribution in [0.1, 0.15) is 62.6 Å². The molecule has 0 spiro atoms. The molecule has 3 heteroatoms. The van der Waals surface area contributed by atoms with Gasteiger partial charge in [-0.1, -0.05) is 57.2 Å². The SMILES string of the molecule is CCCCCCCC(NN)c1cccc2c1OCC2. The van der Waals surface area contributed by atoms with Crippen LogP contribution in [0.25, 0.3) is 0 Å². The third kappa shape index (κ3) is 3.71. The summed E-state index contributed by atoms with van der Waals surface area (Å²) in [5, 5.41) is 0. The van der Waals surface area contributed by atoms with E-state index in [2.05, 4.69) is 30.5 Å². The van der Waals surface area contributed by atoms with Gasteiger partial charge in [-0.05, 0) is 12.0 Å². The first-order chi connectivity index (χ1) is 9.36. The highest BCUT2D eigenvalue weighted by atomic mass is 16.5. The average Bonchev–Trinajstić information content (AvgIpc) is 2.91. The van der Waals surface area contributed by atoms with E-state index in [-0.39, 0.29) is 6.04 Å². The highest BCUT2D eigenvalue weighted by molar-refractivity contribution is 5.45. The number of unbranched alkanes of at least 4 members (excludes halogenated alkanes) is 4. The largest absolute Gasteiger partial charge is 0.493 e. The van der Waals surface area contributed by atoms with Crippen LogP contribution >= 0.6 is 0 Å².